The van der Waals surface area contributed by atoms with Gasteiger partial charge >= 0.3 is 0 Å². The fourth-order valence-electron chi connectivity index (χ4n) is 8.37. The predicted molar refractivity (Wildman–Crippen MR) is 210 cm³/mol. The van der Waals surface area contributed by atoms with Crippen LogP contribution < -0.4 is 10.6 Å². The minimum absolute atomic E-state index is 0.00439. The minimum Gasteiger partial charge on any atom is -0.454 e. The molecule has 5 nitrogen and oxygen atoms in total. The summed E-state index contributed by atoms with van der Waals surface area (Å²) in [7, 11) is 0. The molecule has 0 saturated heterocycles. The number of nitrogens with zero attached hydrogens (tertiary/aromatic N) is 2. The number of hydrogen-bond acceptors (Lipinski definition) is 3. The number of fused-ring (bicyclic) bond motifs is 11. The highest BCUT2D eigenvalue weighted by molar-refractivity contribution is 6.29. The molecular formula is C46H32N4O. The highest BCUT2D eigenvalue weighted by Crippen LogP contribution is 2.45. The molecule has 1 aliphatic rings. The average Bonchev–Trinajstić information content (AvgIpc) is 3.86. The SMILES string of the molecule is C1=C(c2ccccc2)NC(n2c3ccccc3c3c4c(ccc32)c2ccc3c5ccccc5oc3c2n4-c2ccccc2)NC1c1ccccc1. The zero-order chi connectivity index (χ0) is 33.5. The Labute approximate surface area is 293 Å². The Balaban J connectivity index is 1.23. The zero-order valence-electron chi connectivity index (χ0n) is 27.6. The molecule has 2 unspecified atom stereocenters. The van der Waals surface area contributed by atoms with Gasteiger partial charge in [0.2, 0.25) is 0 Å². The monoisotopic (exact) mass is 656 g/mol. The number of rotatable bonds is 4. The van der Waals surface area contributed by atoms with E-state index in [0.717, 1.165) is 55.4 Å². The first-order valence-electron chi connectivity index (χ1n) is 17.5. The second-order valence-corrected chi connectivity index (χ2v) is 13.4. The lowest BCUT2D eigenvalue weighted by Gasteiger charge is -2.34. The Morgan fingerprint density at radius 2 is 1.16 bits per heavy atom. The molecule has 3 aromatic heterocycles. The highest BCUT2D eigenvalue weighted by Gasteiger charge is 2.29. The van der Waals surface area contributed by atoms with Gasteiger partial charge in [-0.2, -0.15) is 0 Å². The first-order valence-corrected chi connectivity index (χ1v) is 17.5. The van der Waals surface area contributed by atoms with Crippen LogP contribution in [0.3, 0.4) is 0 Å². The van der Waals surface area contributed by atoms with E-state index in [2.05, 4.69) is 184 Å². The molecule has 51 heavy (non-hydrogen) atoms. The van der Waals surface area contributed by atoms with Gasteiger partial charge in [-0.15, -0.1) is 0 Å². The maximum atomic E-state index is 6.71. The molecule has 0 spiro atoms. The van der Waals surface area contributed by atoms with Gasteiger partial charge in [-0.3, -0.25) is 5.32 Å². The molecule has 4 heterocycles. The molecule has 0 aliphatic carbocycles. The maximum absolute atomic E-state index is 6.71. The molecule has 10 aromatic rings. The largest absolute Gasteiger partial charge is 0.454 e. The molecule has 2 N–H and O–H groups in total. The predicted octanol–water partition coefficient (Wildman–Crippen LogP) is 11.2. The van der Waals surface area contributed by atoms with Gasteiger partial charge in [0, 0.05) is 43.7 Å². The summed E-state index contributed by atoms with van der Waals surface area (Å²) in [4.78, 5) is 0. The summed E-state index contributed by atoms with van der Waals surface area (Å²) in [6.45, 7) is 0. The molecule has 0 bridgehead atoms. The van der Waals surface area contributed by atoms with Crippen molar-refractivity contribution in [3.05, 3.63) is 181 Å². The normalized spacial score (nSPS) is 16.4. The summed E-state index contributed by atoms with van der Waals surface area (Å²) in [5.41, 5.74) is 11.0. The molecule has 0 fully saturated rings. The third-order valence-electron chi connectivity index (χ3n) is 10.6. The van der Waals surface area contributed by atoms with Crippen molar-refractivity contribution in [2.45, 2.75) is 12.3 Å². The molecule has 11 rings (SSSR count). The van der Waals surface area contributed by atoms with E-state index in [1.165, 1.54) is 32.6 Å². The number of furan rings is 1. The summed E-state index contributed by atoms with van der Waals surface area (Å²) < 4.78 is 11.6. The number of aromatic nitrogens is 2. The van der Waals surface area contributed by atoms with Crippen LogP contribution in [0.15, 0.2) is 174 Å². The molecule has 0 amide bonds. The summed E-state index contributed by atoms with van der Waals surface area (Å²) in [6.07, 6.45) is 2.07. The van der Waals surface area contributed by atoms with Crippen molar-refractivity contribution in [1.29, 1.82) is 0 Å². The summed E-state index contributed by atoms with van der Waals surface area (Å²) in [6, 6.07) is 58.3. The fourth-order valence-corrected chi connectivity index (χ4v) is 8.37. The summed E-state index contributed by atoms with van der Waals surface area (Å²) >= 11 is 0. The van der Waals surface area contributed by atoms with Gasteiger partial charge in [0.25, 0.3) is 0 Å². The second-order valence-electron chi connectivity index (χ2n) is 13.4. The van der Waals surface area contributed by atoms with Crippen molar-refractivity contribution in [3.8, 4) is 5.69 Å². The van der Waals surface area contributed by atoms with Gasteiger partial charge < -0.3 is 18.9 Å². The number of para-hydroxylation sites is 3. The average molecular weight is 657 g/mol. The van der Waals surface area contributed by atoms with Crippen LogP contribution >= 0.6 is 0 Å². The Hall–Kier alpha value is -6.56. The van der Waals surface area contributed by atoms with Crippen molar-refractivity contribution in [1.82, 2.24) is 19.8 Å². The first-order chi connectivity index (χ1) is 25.3. The van der Waals surface area contributed by atoms with Crippen molar-refractivity contribution < 1.29 is 4.42 Å². The van der Waals surface area contributed by atoms with E-state index in [9.17, 15) is 0 Å². The topological polar surface area (TPSA) is 47.1 Å². The van der Waals surface area contributed by atoms with Gasteiger partial charge in [-0.05, 0) is 53.6 Å². The lowest BCUT2D eigenvalue weighted by atomic mass is 10.0. The van der Waals surface area contributed by atoms with Crippen LogP contribution in [0.25, 0.3) is 76.9 Å². The third-order valence-corrected chi connectivity index (χ3v) is 10.6. The Kier molecular flexibility index (Phi) is 6.09. The molecule has 5 heteroatoms. The number of hydrogen-bond donors (Lipinski definition) is 2. The Morgan fingerprint density at radius 3 is 1.98 bits per heavy atom. The van der Waals surface area contributed by atoms with E-state index in [0.29, 0.717) is 0 Å². The quantitative estimate of drug-likeness (QED) is 0.198. The van der Waals surface area contributed by atoms with E-state index in [1.54, 1.807) is 0 Å². The first kappa shape index (κ1) is 28.3. The van der Waals surface area contributed by atoms with Crippen LogP contribution in [-0.2, 0) is 0 Å². The van der Waals surface area contributed by atoms with Gasteiger partial charge in [-0.1, -0.05) is 127 Å². The second kappa shape index (κ2) is 11.0. The van der Waals surface area contributed by atoms with Crippen LogP contribution in [-0.4, -0.2) is 9.13 Å². The van der Waals surface area contributed by atoms with Gasteiger partial charge in [0.05, 0.1) is 28.1 Å². The number of benzene rings is 7. The Bertz CT molecular complexity index is 2970. The smallest absolute Gasteiger partial charge is 0.160 e. The van der Waals surface area contributed by atoms with Crippen molar-refractivity contribution >= 4 is 71.2 Å². The molecule has 0 saturated carbocycles. The summed E-state index contributed by atoms with van der Waals surface area (Å²) in [5.74, 6) is 0. The zero-order valence-corrected chi connectivity index (χ0v) is 27.6. The molecule has 242 valence electrons. The molecule has 7 aromatic carbocycles. The molecule has 1 aliphatic heterocycles. The van der Waals surface area contributed by atoms with E-state index in [1.807, 2.05) is 6.07 Å². The van der Waals surface area contributed by atoms with Crippen LogP contribution in [0.5, 0.6) is 0 Å². The minimum atomic E-state index is -0.230. The van der Waals surface area contributed by atoms with Crippen molar-refractivity contribution in [2.75, 3.05) is 0 Å². The fraction of sp³-hybridized carbons (Fsp3) is 0.0435. The standard InChI is InChI=1S/C46H32N4O/c1-4-14-29(15-5-1)37-28-38(30-16-6-2-7-17-30)48-46(47-37)50-39-22-12-10-21-36(39)42-40(50)27-26-33-34-24-25-35-32-20-11-13-23-41(32)51-45(35)44(34)49(43(33)42)31-18-8-3-9-19-31/h1-28,37,46-48H. The van der Waals surface area contributed by atoms with E-state index >= 15 is 0 Å². The highest BCUT2D eigenvalue weighted by atomic mass is 16.3. The van der Waals surface area contributed by atoms with Crippen LogP contribution in [0.1, 0.15) is 23.5 Å². The molecular weight excluding hydrogens is 625 g/mol. The van der Waals surface area contributed by atoms with Crippen molar-refractivity contribution in [3.63, 3.8) is 0 Å². The van der Waals surface area contributed by atoms with Crippen molar-refractivity contribution in [2.24, 2.45) is 0 Å². The van der Waals surface area contributed by atoms with Crippen LogP contribution in [0, 0.1) is 0 Å². The van der Waals surface area contributed by atoms with E-state index in [4.69, 9.17) is 4.42 Å². The van der Waals surface area contributed by atoms with E-state index < -0.39 is 0 Å². The van der Waals surface area contributed by atoms with Crippen LogP contribution in [0.2, 0.25) is 0 Å². The molecule has 2 atom stereocenters. The number of nitrogens with one attached hydrogen (secondary N) is 2. The van der Waals surface area contributed by atoms with Crippen LogP contribution in [0.4, 0.5) is 0 Å². The van der Waals surface area contributed by atoms with E-state index in [-0.39, 0.29) is 12.3 Å². The Morgan fingerprint density at radius 1 is 0.510 bits per heavy atom. The maximum Gasteiger partial charge on any atom is 0.160 e. The summed E-state index contributed by atoms with van der Waals surface area (Å²) in [5, 5.41) is 14.9. The lowest BCUT2D eigenvalue weighted by Crippen LogP contribution is -2.43. The van der Waals surface area contributed by atoms with Gasteiger partial charge in [-0.25, -0.2) is 0 Å². The molecule has 0 radical (unpaired) electrons. The lowest BCUT2D eigenvalue weighted by molar-refractivity contribution is 0.350. The van der Waals surface area contributed by atoms with Gasteiger partial charge in [0.1, 0.15) is 5.58 Å². The van der Waals surface area contributed by atoms with Gasteiger partial charge in [0.15, 0.2) is 11.9 Å². The third kappa shape index (κ3) is 4.19.